The van der Waals surface area contributed by atoms with Crippen molar-refractivity contribution in [2.75, 3.05) is 26.8 Å². The van der Waals surface area contributed by atoms with Gasteiger partial charge in [0.1, 0.15) is 5.82 Å². The Kier molecular flexibility index (Phi) is 5.33. The second-order valence-electron chi connectivity index (χ2n) is 4.89. The third-order valence-electron chi connectivity index (χ3n) is 3.52. The summed E-state index contributed by atoms with van der Waals surface area (Å²) in [4.78, 5) is 2.34. The summed E-state index contributed by atoms with van der Waals surface area (Å²) in [5.41, 5.74) is 6.85. The predicted octanol–water partition coefficient (Wildman–Crippen LogP) is 2.70. The average Bonchev–Trinajstić information content (AvgIpc) is 3.22. The average molecular weight is 331 g/mol. The highest BCUT2D eigenvalue weighted by Crippen LogP contribution is 2.34. The number of nitrogens with zero attached hydrogens (tertiary/aromatic N) is 1. The molecule has 5 heteroatoms. The molecule has 0 saturated heterocycles. The van der Waals surface area contributed by atoms with Gasteiger partial charge >= 0.3 is 0 Å². The number of ether oxygens (including phenoxy) is 1. The van der Waals surface area contributed by atoms with Crippen LogP contribution in [0, 0.1) is 5.82 Å². The van der Waals surface area contributed by atoms with E-state index in [9.17, 15) is 4.39 Å². The first-order chi connectivity index (χ1) is 9.17. The fourth-order valence-corrected chi connectivity index (χ4v) is 2.62. The highest BCUT2D eigenvalue weighted by atomic mass is 79.9. The molecule has 1 atom stereocenters. The van der Waals surface area contributed by atoms with Crippen LogP contribution in [0.1, 0.15) is 24.4 Å². The van der Waals surface area contributed by atoms with E-state index in [2.05, 4.69) is 20.8 Å². The minimum absolute atomic E-state index is 0.0604. The molecule has 0 heterocycles. The second kappa shape index (κ2) is 6.79. The van der Waals surface area contributed by atoms with Gasteiger partial charge in [0.25, 0.3) is 0 Å². The van der Waals surface area contributed by atoms with Gasteiger partial charge in [0.05, 0.1) is 11.1 Å². The Bertz CT molecular complexity index is 426. The van der Waals surface area contributed by atoms with Gasteiger partial charge < -0.3 is 10.5 Å². The number of benzene rings is 1. The van der Waals surface area contributed by atoms with E-state index >= 15 is 0 Å². The van der Waals surface area contributed by atoms with Crippen molar-refractivity contribution in [1.29, 1.82) is 0 Å². The van der Waals surface area contributed by atoms with Crippen molar-refractivity contribution in [3.05, 3.63) is 34.1 Å². The number of hydrogen-bond donors (Lipinski definition) is 1. The van der Waals surface area contributed by atoms with Gasteiger partial charge in [-0.2, -0.15) is 0 Å². The fraction of sp³-hybridized carbons (Fsp3) is 0.571. The second-order valence-corrected chi connectivity index (χ2v) is 5.74. The smallest absolute Gasteiger partial charge is 0.137 e. The van der Waals surface area contributed by atoms with Gasteiger partial charge in [-0.15, -0.1) is 0 Å². The molecule has 1 unspecified atom stereocenters. The molecule has 0 amide bonds. The van der Waals surface area contributed by atoms with Crippen LogP contribution in [0.4, 0.5) is 4.39 Å². The third kappa shape index (κ3) is 3.75. The van der Waals surface area contributed by atoms with Crippen molar-refractivity contribution in [1.82, 2.24) is 4.90 Å². The monoisotopic (exact) mass is 330 g/mol. The Balaban J connectivity index is 2.17. The Labute approximate surface area is 122 Å². The Morgan fingerprint density at radius 1 is 1.53 bits per heavy atom. The number of halogens is 2. The molecule has 0 radical (unpaired) electrons. The van der Waals surface area contributed by atoms with Gasteiger partial charge in [-0.3, -0.25) is 4.90 Å². The summed E-state index contributed by atoms with van der Waals surface area (Å²) in [5, 5.41) is 0. The lowest BCUT2D eigenvalue weighted by molar-refractivity contribution is 0.115. The lowest BCUT2D eigenvalue weighted by Gasteiger charge is -2.31. The molecule has 1 aromatic rings. The van der Waals surface area contributed by atoms with E-state index in [4.69, 9.17) is 10.5 Å². The van der Waals surface area contributed by atoms with Gasteiger partial charge in [-0.1, -0.05) is 6.07 Å². The highest BCUT2D eigenvalue weighted by molar-refractivity contribution is 9.10. The Morgan fingerprint density at radius 3 is 2.79 bits per heavy atom. The van der Waals surface area contributed by atoms with E-state index < -0.39 is 0 Å². The predicted molar refractivity (Wildman–Crippen MR) is 77.5 cm³/mol. The maximum absolute atomic E-state index is 13.7. The molecule has 3 nitrogen and oxygen atoms in total. The summed E-state index contributed by atoms with van der Waals surface area (Å²) in [6.45, 7) is 1.99. The molecular weight excluding hydrogens is 311 g/mol. The Hall–Kier alpha value is -0.490. The number of nitrogens with two attached hydrogens (primary N) is 1. The van der Waals surface area contributed by atoms with Crippen LogP contribution in [0.3, 0.4) is 0 Å². The minimum Gasteiger partial charge on any atom is -0.383 e. The summed E-state index contributed by atoms with van der Waals surface area (Å²) >= 11 is 3.18. The SMILES string of the molecule is COCCN(C1CC1)C(CN)c1ccc(Br)c(F)c1. The van der Waals surface area contributed by atoms with Crippen LogP contribution >= 0.6 is 15.9 Å². The molecule has 0 spiro atoms. The molecule has 2 rings (SSSR count). The van der Waals surface area contributed by atoms with Crippen molar-refractivity contribution in [3.8, 4) is 0 Å². The highest BCUT2D eigenvalue weighted by Gasteiger charge is 2.33. The molecule has 106 valence electrons. The van der Waals surface area contributed by atoms with Crippen LogP contribution in [0.25, 0.3) is 0 Å². The lowest BCUT2D eigenvalue weighted by atomic mass is 10.0. The summed E-state index contributed by atoms with van der Waals surface area (Å²) in [6, 6.07) is 5.88. The van der Waals surface area contributed by atoms with Gasteiger partial charge in [0.2, 0.25) is 0 Å². The maximum atomic E-state index is 13.7. The molecule has 19 heavy (non-hydrogen) atoms. The fourth-order valence-electron chi connectivity index (χ4n) is 2.38. The molecule has 0 aromatic heterocycles. The molecule has 0 aliphatic heterocycles. The van der Waals surface area contributed by atoms with E-state index in [0.717, 1.165) is 12.1 Å². The molecule has 1 aliphatic carbocycles. The van der Waals surface area contributed by atoms with Crippen molar-refractivity contribution < 1.29 is 9.13 Å². The topological polar surface area (TPSA) is 38.5 Å². The largest absolute Gasteiger partial charge is 0.383 e. The zero-order chi connectivity index (χ0) is 13.8. The summed E-state index contributed by atoms with van der Waals surface area (Å²) in [7, 11) is 1.70. The summed E-state index contributed by atoms with van der Waals surface area (Å²) in [5.74, 6) is -0.238. The molecule has 2 N–H and O–H groups in total. The standard InChI is InChI=1S/C14H20BrFN2O/c1-19-7-6-18(11-3-4-11)14(9-17)10-2-5-12(15)13(16)8-10/h2,5,8,11,14H,3-4,6-7,9,17H2,1H3. The van der Waals surface area contributed by atoms with Crippen molar-refractivity contribution in [2.45, 2.75) is 24.9 Å². The maximum Gasteiger partial charge on any atom is 0.137 e. The first-order valence-corrected chi connectivity index (χ1v) is 7.36. The van der Waals surface area contributed by atoms with E-state index in [-0.39, 0.29) is 11.9 Å². The molecule has 1 saturated carbocycles. The van der Waals surface area contributed by atoms with Crippen LogP contribution in [0.5, 0.6) is 0 Å². The van der Waals surface area contributed by atoms with E-state index in [1.54, 1.807) is 19.2 Å². The van der Waals surface area contributed by atoms with Crippen molar-refractivity contribution in [2.24, 2.45) is 5.73 Å². The van der Waals surface area contributed by atoms with Gasteiger partial charge in [0, 0.05) is 32.3 Å². The Morgan fingerprint density at radius 2 is 2.26 bits per heavy atom. The zero-order valence-electron chi connectivity index (χ0n) is 11.1. The zero-order valence-corrected chi connectivity index (χ0v) is 12.7. The van der Waals surface area contributed by atoms with Crippen LogP contribution in [0.2, 0.25) is 0 Å². The number of methoxy groups -OCH3 is 1. The molecule has 1 aliphatic rings. The van der Waals surface area contributed by atoms with Crippen LogP contribution < -0.4 is 5.73 Å². The van der Waals surface area contributed by atoms with Crippen LogP contribution in [-0.2, 0) is 4.74 Å². The molecular formula is C14H20BrFN2O. The normalized spacial score (nSPS) is 16.9. The third-order valence-corrected chi connectivity index (χ3v) is 4.16. The van der Waals surface area contributed by atoms with Gasteiger partial charge in [-0.25, -0.2) is 4.39 Å². The molecule has 1 aromatic carbocycles. The quantitative estimate of drug-likeness (QED) is 0.835. The van der Waals surface area contributed by atoms with Crippen molar-refractivity contribution in [3.63, 3.8) is 0 Å². The number of hydrogen-bond acceptors (Lipinski definition) is 3. The van der Waals surface area contributed by atoms with Gasteiger partial charge in [-0.05, 0) is 46.5 Å². The van der Waals surface area contributed by atoms with E-state index in [1.165, 1.54) is 12.8 Å². The van der Waals surface area contributed by atoms with Crippen molar-refractivity contribution >= 4 is 15.9 Å². The lowest BCUT2D eigenvalue weighted by Crippen LogP contribution is -2.37. The number of rotatable bonds is 7. The summed E-state index contributed by atoms with van der Waals surface area (Å²) in [6.07, 6.45) is 2.39. The van der Waals surface area contributed by atoms with Crippen LogP contribution in [0.15, 0.2) is 22.7 Å². The minimum atomic E-state index is -0.238. The van der Waals surface area contributed by atoms with E-state index in [0.29, 0.717) is 23.7 Å². The molecule has 1 fully saturated rings. The first kappa shape index (κ1) is 14.9. The molecule has 0 bridgehead atoms. The summed E-state index contributed by atoms with van der Waals surface area (Å²) < 4.78 is 19.3. The van der Waals surface area contributed by atoms with Gasteiger partial charge in [0.15, 0.2) is 0 Å². The van der Waals surface area contributed by atoms with Crippen LogP contribution in [-0.4, -0.2) is 37.7 Å². The van der Waals surface area contributed by atoms with E-state index in [1.807, 2.05) is 6.07 Å². The first-order valence-electron chi connectivity index (χ1n) is 6.57.